The quantitative estimate of drug-likeness (QED) is 0.611. The van der Waals surface area contributed by atoms with E-state index >= 15 is 0 Å². The van der Waals surface area contributed by atoms with Crippen molar-refractivity contribution in [1.82, 2.24) is 0 Å². The summed E-state index contributed by atoms with van der Waals surface area (Å²) in [4.78, 5) is 10.1. The van der Waals surface area contributed by atoms with Crippen molar-refractivity contribution in [3.05, 3.63) is 33.9 Å². The van der Waals surface area contributed by atoms with Gasteiger partial charge in [-0.15, -0.1) is 0 Å². The van der Waals surface area contributed by atoms with E-state index in [1.54, 1.807) is 6.07 Å². The average Bonchev–Trinajstić information content (AvgIpc) is 3.09. The molecule has 0 spiro atoms. The standard InChI is InChI=1S/C11H13NO4/c13-6-9-5-10(12(14)15)3-4-11(9)16-7-8-1-2-8/h3-5,8,13H,1-2,6-7H2. The van der Waals surface area contributed by atoms with Crippen LogP contribution in [0, 0.1) is 16.0 Å². The molecule has 0 unspecified atom stereocenters. The van der Waals surface area contributed by atoms with Gasteiger partial charge in [-0.1, -0.05) is 0 Å². The molecule has 0 amide bonds. The minimum atomic E-state index is -0.482. The van der Waals surface area contributed by atoms with Gasteiger partial charge in [-0.2, -0.15) is 0 Å². The highest BCUT2D eigenvalue weighted by molar-refractivity contribution is 5.43. The summed E-state index contributed by atoms with van der Waals surface area (Å²) >= 11 is 0. The summed E-state index contributed by atoms with van der Waals surface area (Å²) in [5.74, 6) is 1.15. The van der Waals surface area contributed by atoms with E-state index in [1.807, 2.05) is 0 Å². The van der Waals surface area contributed by atoms with Gasteiger partial charge in [0.1, 0.15) is 5.75 Å². The van der Waals surface area contributed by atoms with Crippen molar-refractivity contribution in [1.29, 1.82) is 0 Å². The van der Waals surface area contributed by atoms with Gasteiger partial charge in [0.25, 0.3) is 5.69 Å². The van der Waals surface area contributed by atoms with Crippen LogP contribution in [0.5, 0.6) is 5.75 Å². The Hall–Kier alpha value is -1.62. The number of aliphatic hydroxyl groups is 1. The Morgan fingerprint density at radius 1 is 1.50 bits per heavy atom. The normalized spacial score (nSPS) is 14.8. The molecule has 0 radical (unpaired) electrons. The van der Waals surface area contributed by atoms with Gasteiger partial charge >= 0.3 is 0 Å². The van der Waals surface area contributed by atoms with Crippen LogP contribution in [0.3, 0.4) is 0 Å². The van der Waals surface area contributed by atoms with Gasteiger partial charge in [0.15, 0.2) is 0 Å². The van der Waals surface area contributed by atoms with E-state index < -0.39 is 4.92 Å². The number of non-ortho nitro benzene ring substituents is 1. The van der Waals surface area contributed by atoms with Gasteiger partial charge in [-0.05, 0) is 24.8 Å². The summed E-state index contributed by atoms with van der Waals surface area (Å²) in [6, 6.07) is 4.29. The zero-order chi connectivity index (χ0) is 11.5. The molecule has 0 heterocycles. The third-order valence-corrected chi connectivity index (χ3v) is 2.60. The average molecular weight is 223 g/mol. The summed E-state index contributed by atoms with van der Waals surface area (Å²) in [6.45, 7) is 0.381. The van der Waals surface area contributed by atoms with Crippen LogP contribution in [-0.4, -0.2) is 16.6 Å². The number of nitro benzene ring substituents is 1. The molecule has 1 aromatic rings. The van der Waals surface area contributed by atoms with Crippen LogP contribution in [-0.2, 0) is 6.61 Å². The molecule has 16 heavy (non-hydrogen) atoms. The van der Waals surface area contributed by atoms with Gasteiger partial charge in [-0.3, -0.25) is 10.1 Å². The lowest BCUT2D eigenvalue weighted by Crippen LogP contribution is -2.02. The van der Waals surface area contributed by atoms with Gasteiger partial charge in [-0.25, -0.2) is 0 Å². The van der Waals surface area contributed by atoms with Crippen molar-refractivity contribution in [2.24, 2.45) is 5.92 Å². The highest BCUT2D eigenvalue weighted by Crippen LogP contribution is 2.31. The molecule has 1 saturated carbocycles. The highest BCUT2D eigenvalue weighted by Gasteiger charge is 2.22. The number of nitro groups is 1. The van der Waals surface area contributed by atoms with Crippen LogP contribution in [0.15, 0.2) is 18.2 Å². The molecule has 5 nitrogen and oxygen atoms in total. The fourth-order valence-electron chi connectivity index (χ4n) is 1.44. The van der Waals surface area contributed by atoms with Crippen LogP contribution < -0.4 is 4.74 Å². The van der Waals surface area contributed by atoms with Crippen LogP contribution >= 0.6 is 0 Å². The Balaban J connectivity index is 2.12. The number of rotatable bonds is 5. The molecule has 0 saturated heterocycles. The first-order valence-electron chi connectivity index (χ1n) is 5.21. The number of benzene rings is 1. The maximum atomic E-state index is 10.5. The van der Waals surface area contributed by atoms with Crippen LogP contribution in [0.2, 0.25) is 0 Å². The second kappa shape index (κ2) is 4.49. The largest absolute Gasteiger partial charge is 0.493 e. The van der Waals surface area contributed by atoms with E-state index in [0.29, 0.717) is 23.8 Å². The lowest BCUT2D eigenvalue weighted by Gasteiger charge is -2.09. The Kier molecular flexibility index (Phi) is 3.05. The monoisotopic (exact) mass is 223 g/mol. The number of aliphatic hydroxyl groups excluding tert-OH is 1. The number of hydrogen-bond acceptors (Lipinski definition) is 4. The van der Waals surface area contributed by atoms with Crippen LogP contribution in [0.4, 0.5) is 5.69 Å². The summed E-state index contributed by atoms with van der Waals surface area (Å²) < 4.78 is 5.50. The SMILES string of the molecule is O=[N+]([O-])c1ccc(OCC2CC2)c(CO)c1. The van der Waals surface area contributed by atoms with E-state index in [2.05, 4.69) is 0 Å². The predicted octanol–water partition coefficient (Wildman–Crippen LogP) is 1.88. The molecule has 1 fully saturated rings. The maximum Gasteiger partial charge on any atom is 0.270 e. The minimum Gasteiger partial charge on any atom is -0.493 e. The predicted molar refractivity (Wildman–Crippen MR) is 57.2 cm³/mol. The van der Waals surface area contributed by atoms with Gasteiger partial charge < -0.3 is 9.84 Å². The molecule has 2 rings (SSSR count). The van der Waals surface area contributed by atoms with Crippen molar-refractivity contribution in [3.63, 3.8) is 0 Å². The van der Waals surface area contributed by atoms with E-state index in [9.17, 15) is 10.1 Å². The first kappa shape index (κ1) is 10.9. The molecule has 0 bridgehead atoms. The second-order valence-corrected chi connectivity index (χ2v) is 3.96. The zero-order valence-electron chi connectivity index (χ0n) is 8.76. The van der Waals surface area contributed by atoms with E-state index in [-0.39, 0.29) is 12.3 Å². The molecular formula is C11H13NO4. The van der Waals surface area contributed by atoms with Crippen molar-refractivity contribution in [3.8, 4) is 5.75 Å². The first-order valence-corrected chi connectivity index (χ1v) is 5.21. The zero-order valence-corrected chi connectivity index (χ0v) is 8.76. The van der Waals surface area contributed by atoms with Crippen molar-refractivity contribution < 1.29 is 14.8 Å². The molecule has 1 aliphatic carbocycles. The Morgan fingerprint density at radius 3 is 2.81 bits per heavy atom. The first-order chi connectivity index (χ1) is 7.70. The Morgan fingerprint density at radius 2 is 2.25 bits per heavy atom. The van der Waals surface area contributed by atoms with Crippen molar-refractivity contribution in [2.45, 2.75) is 19.4 Å². The van der Waals surface area contributed by atoms with Gasteiger partial charge in [0.05, 0.1) is 18.1 Å². The second-order valence-electron chi connectivity index (χ2n) is 3.96. The molecular weight excluding hydrogens is 210 g/mol. The Bertz CT molecular complexity index is 401. The smallest absolute Gasteiger partial charge is 0.270 e. The number of ether oxygens (including phenoxy) is 1. The van der Waals surface area contributed by atoms with E-state index in [0.717, 1.165) is 0 Å². The molecule has 86 valence electrons. The minimum absolute atomic E-state index is 0.0252. The van der Waals surface area contributed by atoms with Gasteiger partial charge in [0.2, 0.25) is 0 Å². The lowest BCUT2D eigenvalue weighted by molar-refractivity contribution is -0.385. The molecule has 1 aromatic carbocycles. The third kappa shape index (κ3) is 2.49. The molecule has 1 aliphatic rings. The van der Waals surface area contributed by atoms with E-state index in [1.165, 1.54) is 25.0 Å². The van der Waals surface area contributed by atoms with Crippen molar-refractivity contribution >= 4 is 5.69 Å². The van der Waals surface area contributed by atoms with Crippen LogP contribution in [0.25, 0.3) is 0 Å². The maximum absolute atomic E-state index is 10.5. The van der Waals surface area contributed by atoms with E-state index in [4.69, 9.17) is 9.84 Å². The van der Waals surface area contributed by atoms with Crippen molar-refractivity contribution in [2.75, 3.05) is 6.61 Å². The molecule has 5 heteroatoms. The molecule has 0 aromatic heterocycles. The topological polar surface area (TPSA) is 72.6 Å². The summed E-state index contributed by atoms with van der Waals surface area (Å²) in [5, 5.41) is 19.6. The Labute approximate surface area is 92.8 Å². The number of hydrogen-bond donors (Lipinski definition) is 1. The molecule has 0 atom stereocenters. The summed E-state index contributed by atoms with van der Waals surface area (Å²) in [6.07, 6.45) is 2.36. The van der Waals surface area contributed by atoms with Crippen LogP contribution in [0.1, 0.15) is 18.4 Å². The number of nitrogens with zero attached hydrogens (tertiary/aromatic N) is 1. The fraction of sp³-hybridized carbons (Fsp3) is 0.455. The molecule has 1 N–H and O–H groups in total. The summed E-state index contributed by atoms with van der Waals surface area (Å²) in [5.41, 5.74) is 0.442. The highest BCUT2D eigenvalue weighted by atomic mass is 16.6. The molecule has 0 aliphatic heterocycles. The van der Waals surface area contributed by atoms with Gasteiger partial charge in [0, 0.05) is 17.7 Å². The lowest BCUT2D eigenvalue weighted by atomic mass is 10.2. The third-order valence-electron chi connectivity index (χ3n) is 2.60. The summed E-state index contributed by atoms with van der Waals surface area (Å²) in [7, 11) is 0. The fourth-order valence-corrected chi connectivity index (χ4v) is 1.44.